The van der Waals surface area contributed by atoms with Crippen molar-refractivity contribution in [2.75, 3.05) is 6.61 Å². The molecule has 6 heteroatoms. The summed E-state index contributed by atoms with van der Waals surface area (Å²) in [4.78, 5) is 12.3. The van der Waals surface area contributed by atoms with Gasteiger partial charge in [0.25, 0.3) is 0 Å². The highest BCUT2D eigenvalue weighted by Gasteiger charge is 2.28. The normalized spacial score (nSPS) is 15.8. The van der Waals surface area contributed by atoms with E-state index in [1.165, 1.54) is 38.5 Å². The van der Waals surface area contributed by atoms with Gasteiger partial charge in [-0.15, -0.1) is 0 Å². The molecule has 4 atom stereocenters. The van der Waals surface area contributed by atoms with Crippen LogP contribution in [0, 0.1) is 0 Å². The van der Waals surface area contributed by atoms with Gasteiger partial charge in [-0.05, 0) is 58.3 Å². The number of carbonyl (C=O) groups excluding carboxylic acids is 1. The monoisotopic (exact) mass is 507 g/mol. The predicted octanol–water partition coefficient (Wildman–Crippen LogP) is 5.27. The van der Waals surface area contributed by atoms with E-state index in [1.807, 2.05) is 19.1 Å². The van der Waals surface area contributed by atoms with Crippen molar-refractivity contribution in [3.63, 3.8) is 0 Å². The van der Waals surface area contributed by atoms with Crippen LogP contribution in [0.25, 0.3) is 0 Å². The topological polar surface area (TPSA) is 110 Å². The van der Waals surface area contributed by atoms with Gasteiger partial charge in [0.15, 0.2) is 0 Å². The number of rotatable bonds is 23. The van der Waals surface area contributed by atoms with Gasteiger partial charge in [-0.1, -0.05) is 87.6 Å². The van der Waals surface area contributed by atoms with Crippen molar-refractivity contribution >= 4 is 5.91 Å². The number of aliphatic hydroxyl groups excluding tert-OH is 4. The molecule has 0 saturated carbocycles. The number of hydrogen-bond donors (Lipinski definition) is 5. The van der Waals surface area contributed by atoms with Crippen LogP contribution >= 0.6 is 0 Å². The van der Waals surface area contributed by atoms with Crippen LogP contribution in [-0.4, -0.2) is 57.3 Å². The maximum atomic E-state index is 12.3. The number of nitrogens with one attached hydrogen (secondary N) is 1. The van der Waals surface area contributed by atoms with Crippen molar-refractivity contribution in [2.24, 2.45) is 0 Å². The van der Waals surface area contributed by atoms with E-state index in [2.05, 4.69) is 42.6 Å². The summed E-state index contributed by atoms with van der Waals surface area (Å²) >= 11 is 0. The Hall–Kier alpha value is -1.73. The fraction of sp³-hybridized carbons (Fsp3) is 0.700. The van der Waals surface area contributed by atoms with Crippen molar-refractivity contribution in [3.8, 4) is 0 Å². The maximum absolute atomic E-state index is 12.3. The Morgan fingerprint density at radius 1 is 0.778 bits per heavy atom. The molecule has 0 bridgehead atoms. The lowest BCUT2D eigenvalue weighted by Crippen LogP contribution is -2.52. The summed E-state index contributed by atoms with van der Waals surface area (Å²) in [5.41, 5.74) is 0. The molecule has 0 aromatic rings. The Kier molecular flexibility index (Phi) is 23.7. The molecule has 36 heavy (non-hydrogen) atoms. The van der Waals surface area contributed by atoms with Crippen molar-refractivity contribution < 1.29 is 25.2 Å². The van der Waals surface area contributed by atoms with E-state index < -0.39 is 36.9 Å². The second kappa shape index (κ2) is 24.9. The van der Waals surface area contributed by atoms with E-state index in [1.54, 1.807) is 6.08 Å². The quantitative estimate of drug-likeness (QED) is 0.0956. The van der Waals surface area contributed by atoms with Crippen LogP contribution in [0.3, 0.4) is 0 Å². The molecule has 0 heterocycles. The fourth-order valence-corrected chi connectivity index (χ4v) is 3.76. The number of hydrogen-bond acceptors (Lipinski definition) is 5. The largest absolute Gasteiger partial charge is 0.394 e. The molecule has 0 radical (unpaired) electrons. The molecular formula is C30H53NO5. The lowest BCUT2D eigenvalue weighted by Gasteiger charge is -2.27. The fourth-order valence-electron chi connectivity index (χ4n) is 3.76. The molecule has 5 N–H and O–H groups in total. The van der Waals surface area contributed by atoms with Gasteiger partial charge in [-0.2, -0.15) is 0 Å². The minimum atomic E-state index is -1.31. The Bertz CT molecular complexity index is 629. The van der Waals surface area contributed by atoms with E-state index in [9.17, 15) is 25.2 Å². The SMILES string of the molecule is C/C=C/CC/C=C/CCCC(O)C(O)C(CO)NC(=O)C(O)C/C=C\C/C=C\CCCCCCCC. The van der Waals surface area contributed by atoms with Crippen LogP contribution in [0.1, 0.15) is 104 Å². The first kappa shape index (κ1) is 34.3. The highest BCUT2D eigenvalue weighted by molar-refractivity contribution is 5.81. The molecule has 0 fully saturated rings. The first-order valence-electron chi connectivity index (χ1n) is 14.0. The van der Waals surface area contributed by atoms with Crippen LogP contribution in [0.2, 0.25) is 0 Å². The van der Waals surface area contributed by atoms with Crippen molar-refractivity contribution in [1.82, 2.24) is 5.32 Å². The van der Waals surface area contributed by atoms with Gasteiger partial charge in [0.1, 0.15) is 12.2 Å². The zero-order valence-corrected chi connectivity index (χ0v) is 22.7. The van der Waals surface area contributed by atoms with E-state index in [0.29, 0.717) is 12.8 Å². The van der Waals surface area contributed by atoms with Crippen molar-refractivity contribution in [1.29, 1.82) is 0 Å². The van der Waals surface area contributed by atoms with Gasteiger partial charge < -0.3 is 25.7 Å². The number of allylic oxidation sites excluding steroid dienone is 7. The van der Waals surface area contributed by atoms with Crippen LogP contribution in [0.15, 0.2) is 48.6 Å². The lowest BCUT2D eigenvalue weighted by molar-refractivity contribution is -0.132. The van der Waals surface area contributed by atoms with Crippen molar-refractivity contribution in [2.45, 2.75) is 128 Å². The molecule has 4 unspecified atom stereocenters. The zero-order valence-electron chi connectivity index (χ0n) is 22.7. The first-order chi connectivity index (χ1) is 17.5. The van der Waals surface area contributed by atoms with E-state index in [4.69, 9.17) is 0 Å². The summed E-state index contributed by atoms with van der Waals surface area (Å²) in [5, 5.41) is 42.7. The first-order valence-corrected chi connectivity index (χ1v) is 14.0. The molecule has 0 aliphatic rings. The van der Waals surface area contributed by atoms with Gasteiger partial charge in [0.2, 0.25) is 5.91 Å². The van der Waals surface area contributed by atoms with Gasteiger partial charge in [-0.25, -0.2) is 0 Å². The molecule has 0 aromatic carbocycles. The average Bonchev–Trinajstić information content (AvgIpc) is 2.88. The molecule has 6 nitrogen and oxygen atoms in total. The lowest BCUT2D eigenvalue weighted by atomic mass is 10.0. The Morgan fingerprint density at radius 2 is 1.39 bits per heavy atom. The zero-order chi connectivity index (χ0) is 26.9. The van der Waals surface area contributed by atoms with E-state index in [-0.39, 0.29) is 6.42 Å². The van der Waals surface area contributed by atoms with Crippen LogP contribution in [0.5, 0.6) is 0 Å². The smallest absolute Gasteiger partial charge is 0.249 e. The third-order valence-electron chi connectivity index (χ3n) is 6.10. The summed E-state index contributed by atoms with van der Waals surface area (Å²) < 4.78 is 0. The summed E-state index contributed by atoms with van der Waals surface area (Å²) in [7, 11) is 0. The summed E-state index contributed by atoms with van der Waals surface area (Å²) in [6.07, 6.45) is 26.1. The molecular weight excluding hydrogens is 454 g/mol. The number of unbranched alkanes of at least 4 members (excludes halogenated alkanes) is 8. The number of amides is 1. The Balaban J connectivity index is 4.14. The Labute approximate surface area is 219 Å². The molecule has 0 rings (SSSR count). The summed E-state index contributed by atoms with van der Waals surface area (Å²) in [5.74, 6) is -0.673. The molecule has 0 aromatic heterocycles. The predicted molar refractivity (Wildman–Crippen MR) is 150 cm³/mol. The standard InChI is InChI=1S/C30H53NO5/c1-3-5-7-9-11-13-14-15-16-18-20-22-24-28(34)30(36)31-26(25-32)29(35)27(33)23-21-19-17-12-10-8-6-4-2/h4,6,12,15-17,20,22,26-29,32-35H,3,5,7-11,13-14,18-19,21,23-25H2,1-2H3,(H,31,36)/b6-4+,16-15-,17-12+,22-20-. The van der Waals surface area contributed by atoms with Gasteiger partial charge >= 0.3 is 0 Å². The molecule has 208 valence electrons. The third kappa shape index (κ3) is 19.5. The van der Waals surface area contributed by atoms with Crippen LogP contribution in [-0.2, 0) is 4.79 Å². The number of carbonyl (C=O) groups is 1. The van der Waals surface area contributed by atoms with Gasteiger partial charge in [0.05, 0.1) is 18.8 Å². The van der Waals surface area contributed by atoms with E-state index in [0.717, 1.165) is 32.1 Å². The van der Waals surface area contributed by atoms with Gasteiger partial charge in [0, 0.05) is 6.42 Å². The van der Waals surface area contributed by atoms with Crippen LogP contribution in [0.4, 0.5) is 0 Å². The number of aliphatic hydroxyl groups is 4. The van der Waals surface area contributed by atoms with E-state index >= 15 is 0 Å². The molecule has 0 aliphatic carbocycles. The van der Waals surface area contributed by atoms with Crippen LogP contribution < -0.4 is 5.32 Å². The van der Waals surface area contributed by atoms with Gasteiger partial charge in [-0.3, -0.25) is 4.79 Å². The Morgan fingerprint density at radius 3 is 2.11 bits per heavy atom. The second-order valence-corrected chi connectivity index (χ2v) is 9.39. The highest BCUT2D eigenvalue weighted by atomic mass is 16.3. The molecule has 0 aliphatic heterocycles. The second-order valence-electron chi connectivity index (χ2n) is 9.39. The molecule has 0 saturated heterocycles. The average molecular weight is 508 g/mol. The summed E-state index contributed by atoms with van der Waals surface area (Å²) in [6, 6.07) is -1.03. The van der Waals surface area contributed by atoms with Crippen molar-refractivity contribution in [3.05, 3.63) is 48.6 Å². The summed E-state index contributed by atoms with van der Waals surface area (Å²) in [6.45, 7) is 3.69. The molecule has 0 spiro atoms. The maximum Gasteiger partial charge on any atom is 0.249 e. The minimum absolute atomic E-state index is 0.147. The minimum Gasteiger partial charge on any atom is -0.394 e. The third-order valence-corrected chi connectivity index (χ3v) is 6.10. The highest BCUT2D eigenvalue weighted by Crippen LogP contribution is 2.11. The molecule has 1 amide bonds.